The molecule has 0 saturated carbocycles. The highest BCUT2D eigenvalue weighted by Gasteiger charge is 2.12. The van der Waals surface area contributed by atoms with Crippen LogP contribution in [0.3, 0.4) is 0 Å². The predicted octanol–water partition coefficient (Wildman–Crippen LogP) is 4.21. The average molecular weight is 309 g/mol. The van der Waals surface area contributed by atoms with Gasteiger partial charge in [0.15, 0.2) is 0 Å². The van der Waals surface area contributed by atoms with Gasteiger partial charge in [0.05, 0.1) is 23.3 Å². The van der Waals surface area contributed by atoms with E-state index in [2.05, 4.69) is 36.6 Å². The van der Waals surface area contributed by atoms with Crippen LogP contribution in [0.2, 0.25) is 0 Å². The minimum Gasteiger partial charge on any atom is -0.491 e. The van der Waals surface area contributed by atoms with Crippen molar-refractivity contribution >= 4 is 16.7 Å². The van der Waals surface area contributed by atoms with Crippen LogP contribution in [0, 0.1) is 0 Å². The van der Waals surface area contributed by atoms with Crippen LogP contribution in [0.5, 0.6) is 5.75 Å². The molecule has 4 heteroatoms. The lowest BCUT2D eigenvalue weighted by Crippen LogP contribution is -2.09. The fourth-order valence-corrected chi connectivity index (χ4v) is 2.79. The Morgan fingerprint density at radius 3 is 2.61 bits per heavy atom. The number of fused-ring (bicyclic) bond motifs is 1. The lowest BCUT2D eigenvalue weighted by molar-refractivity contribution is 0.303. The van der Waals surface area contributed by atoms with Crippen LogP contribution < -0.4 is 10.5 Å². The number of rotatable bonds is 6. The number of aromatic nitrogens is 2. The molecule has 0 aliphatic carbocycles. The van der Waals surface area contributed by atoms with E-state index in [-0.39, 0.29) is 0 Å². The van der Waals surface area contributed by atoms with E-state index in [1.807, 2.05) is 30.3 Å². The van der Waals surface area contributed by atoms with Crippen LogP contribution in [0.15, 0.2) is 48.5 Å². The number of para-hydroxylation sites is 4. The quantitative estimate of drug-likeness (QED) is 0.548. The van der Waals surface area contributed by atoms with E-state index in [1.54, 1.807) is 0 Å². The van der Waals surface area contributed by atoms with Gasteiger partial charge in [-0.25, -0.2) is 4.98 Å². The first-order chi connectivity index (χ1) is 11.2. The predicted molar refractivity (Wildman–Crippen MR) is 94.8 cm³/mol. The molecule has 3 aromatic rings. The van der Waals surface area contributed by atoms with E-state index < -0.39 is 0 Å². The lowest BCUT2D eigenvalue weighted by atomic mass is 10.2. The van der Waals surface area contributed by atoms with E-state index in [0.717, 1.165) is 30.1 Å². The zero-order valence-electron chi connectivity index (χ0n) is 13.7. The molecule has 2 aromatic carbocycles. The number of aryl methyl sites for hydroxylation is 1. The Balaban J connectivity index is 1.69. The van der Waals surface area contributed by atoms with Crippen LogP contribution in [0.1, 0.15) is 32.0 Å². The molecule has 0 atom stereocenters. The number of benzene rings is 2. The van der Waals surface area contributed by atoms with Crippen molar-refractivity contribution in [1.29, 1.82) is 0 Å². The fraction of sp³-hybridized carbons (Fsp3) is 0.316. The van der Waals surface area contributed by atoms with Gasteiger partial charge in [0, 0.05) is 12.5 Å². The highest BCUT2D eigenvalue weighted by molar-refractivity contribution is 5.76. The molecule has 0 radical (unpaired) electrons. The third-order valence-corrected chi connectivity index (χ3v) is 3.90. The number of hydrogen-bond acceptors (Lipinski definition) is 3. The smallest absolute Gasteiger partial charge is 0.142 e. The number of ether oxygens (including phenoxy) is 1. The molecule has 0 fully saturated rings. The van der Waals surface area contributed by atoms with Gasteiger partial charge in [0.2, 0.25) is 0 Å². The summed E-state index contributed by atoms with van der Waals surface area (Å²) in [7, 11) is 0. The fourth-order valence-electron chi connectivity index (χ4n) is 2.79. The third kappa shape index (κ3) is 3.31. The summed E-state index contributed by atoms with van der Waals surface area (Å²) in [5.41, 5.74) is 8.83. The van der Waals surface area contributed by atoms with Crippen LogP contribution in [0.4, 0.5) is 5.69 Å². The first-order valence-electron chi connectivity index (χ1n) is 8.09. The Kier molecular flexibility index (Phi) is 4.51. The Bertz CT molecular complexity index is 792. The van der Waals surface area contributed by atoms with Gasteiger partial charge < -0.3 is 15.0 Å². The number of anilines is 1. The van der Waals surface area contributed by atoms with Crippen LogP contribution in [-0.4, -0.2) is 16.2 Å². The summed E-state index contributed by atoms with van der Waals surface area (Å²) in [6.07, 6.45) is 0.911. The molecule has 0 unspecified atom stereocenters. The molecule has 1 heterocycles. The maximum Gasteiger partial charge on any atom is 0.142 e. The standard InChI is InChI=1S/C19H23N3O/c1-14(2)19-21-16-9-4-5-10-17(16)22(19)12-7-13-23-18-11-6-3-8-15(18)20/h3-6,8-11,14H,7,12-13,20H2,1-2H3. The van der Waals surface area contributed by atoms with Crippen LogP contribution in [0.25, 0.3) is 11.0 Å². The molecule has 0 saturated heterocycles. The molecule has 23 heavy (non-hydrogen) atoms. The highest BCUT2D eigenvalue weighted by Crippen LogP contribution is 2.23. The van der Waals surface area contributed by atoms with Crippen molar-refractivity contribution in [2.45, 2.75) is 32.7 Å². The summed E-state index contributed by atoms with van der Waals surface area (Å²) in [5, 5.41) is 0. The van der Waals surface area contributed by atoms with Crippen molar-refractivity contribution in [2.24, 2.45) is 0 Å². The number of hydrogen-bond donors (Lipinski definition) is 1. The van der Waals surface area contributed by atoms with Gasteiger partial charge in [-0.1, -0.05) is 38.1 Å². The molecule has 3 rings (SSSR count). The summed E-state index contributed by atoms with van der Waals surface area (Å²) >= 11 is 0. The van der Waals surface area contributed by atoms with E-state index in [0.29, 0.717) is 18.2 Å². The summed E-state index contributed by atoms with van der Waals surface area (Å²) < 4.78 is 8.09. The summed E-state index contributed by atoms with van der Waals surface area (Å²) in [4.78, 5) is 4.77. The van der Waals surface area contributed by atoms with Crippen LogP contribution in [-0.2, 0) is 6.54 Å². The Morgan fingerprint density at radius 1 is 1.09 bits per heavy atom. The second-order valence-corrected chi connectivity index (χ2v) is 6.00. The molecule has 0 amide bonds. The number of nitrogens with zero attached hydrogens (tertiary/aromatic N) is 2. The topological polar surface area (TPSA) is 53.1 Å². The van der Waals surface area contributed by atoms with Crippen molar-refractivity contribution in [1.82, 2.24) is 9.55 Å². The van der Waals surface area contributed by atoms with Gasteiger partial charge >= 0.3 is 0 Å². The first-order valence-corrected chi connectivity index (χ1v) is 8.09. The second kappa shape index (κ2) is 6.73. The molecule has 0 aliphatic rings. The molecule has 2 N–H and O–H groups in total. The molecule has 1 aromatic heterocycles. The van der Waals surface area contributed by atoms with Gasteiger partial charge in [-0.15, -0.1) is 0 Å². The van der Waals surface area contributed by atoms with Gasteiger partial charge in [0.25, 0.3) is 0 Å². The Morgan fingerprint density at radius 2 is 1.83 bits per heavy atom. The maximum atomic E-state index is 5.90. The highest BCUT2D eigenvalue weighted by atomic mass is 16.5. The minimum absolute atomic E-state index is 0.396. The zero-order valence-corrected chi connectivity index (χ0v) is 13.7. The summed E-state index contributed by atoms with van der Waals surface area (Å²) in [6.45, 7) is 5.89. The number of nitrogen functional groups attached to an aromatic ring is 1. The molecular weight excluding hydrogens is 286 g/mol. The molecular formula is C19H23N3O. The van der Waals surface area contributed by atoms with Gasteiger partial charge in [-0.3, -0.25) is 0 Å². The summed E-state index contributed by atoms with van der Waals surface area (Å²) in [6, 6.07) is 15.9. The first kappa shape index (κ1) is 15.4. The molecule has 120 valence electrons. The van der Waals surface area contributed by atoms with Gasteiger partial charge in [0.1, 0.15) is 11.6 Å². The Hall–Kier alpha value is -2.49. The maximum absolute atomic E-state index is 5.90. The van der Waals surface area contributed by atoms with E-state index in [4.69, 9.17) is 15.5 Å². The van der Waals surface area contributed by atoms with Crippen LogP contribution >= 0.6 is 0 Å². The molecule has 4 nitrogen and oxygen atoms in total. The van der Waals surface area contributed by atoms with Gasteiger partial charge in [-0.2, -0.15) is 0 Å². The molecule has 0 aliphatic heterocycles. The zero-order chi connectivity index (χ0) is 16.2. The monoisotopic (exact) mass is 309 g/mol. The van der Waals surface area contributed by atoms with Gasteiger partial charge in [-0.05, 0) is 30.7 Å². The third-order valence-electron chi connectivity index (χ3n) is 3.90. The van der Waals surface area contributed by atoms with Crippen molar-refractivity contribution in [3.8, 4) is 5.75 Å². The minimum atomic E-state index is 0.396. The van der Waals surface area contributed by atoms with E-state index in [1.165, 1.54) is 5.52 Å². The van der Waals surface area contributed by atoms with Crippen molar-refractivity contribution in [3.05, 3.63) is 54.4 Å². The SMILES string of the molecule is CC(C)c1nc2ccccc2n1CCCOc1ccccc1N. The molecule has 0 bridgehead atoms. The average Bonchev–Trinajstić information content (AvgIpc) is 2.92. The lowest BCUT2D eigenvalue weighted by Gasteiger charge is -2.12. The van der Waals surface area contributed by atoms with Crippen molar-refractivity contribution in [3.63, 3.8) is 0 Å². The Labute approximate surface area is 136 Å². The summed E-state index contributed by atoms with van der Waals surface area (Å²) in [5.74, 6) is 2.28. The van der Waals surface area contributed by atoms with E-state index >= 15 is 0 Å². The second-order valence-electron chi connectivity index (χ2n) is 6.00. The van der Waals surface area contributed by atoms with Crippen molar-refractivity contribution in [2.75, 3.05) is 12.3 Å². The largest absolute Gasteiger partial charge is 0.491 e. The van der Waals surface area contributed by atoms with E-state index in [9.17, 15) is 0 Å². The van der Waals surface area contributed by atoms with Crippen molar-refractivity contribution < 1.29 is 4.74 Å². The number of nitrogens with two attached hydrogens (primary N) is 1. The normalized spacial score (nSPS) is 11.3. The number of imidazole rings is 1. The molecule has 0 spiro atoms.